The third kappa shape index (κ3) is 4.33. The number of anilines is 1. The van der Waals surface area contributed by atoms with Crippen molar-refractivity contribution in [1.29, 1.82) is 0 Å². The molecule has 1 aliphatic carbocycles. The lowest BCUT2D eigenvalue weighted by atomic mass is 10.3. The van der Waals surface area contributed by atoms with Crippen molar-refractivity contribution < 1.29 is 23.1 Å². The first-order valence-corrected chi connectivity index (χ1v) is 9.46. The van der Waals surface area contributed by atoms with Gasteiger partial charge in [0.2, 0.25) is 0 Å². The van der Waals surface area contributed by atoms with Gasteiger partial charge in [-0.2, -0.15) is 0 Å². The van der Waals surface area contributed by atoms with Crippen molar-refractivity contribution in [2.45, 2.75) is 48.8 Å². The molecule has 0 heterocycles. The molecule has 0 aliphatic heterocycles. The van der Waals surface area contributed by atoms with Crippen molar-refractivity contribution in [2.75, 3.05) is 11.9 Å². The molecule has 1 saturated carbocycles. The molecule has 1 fully saturated rings. The summed E-state index contributed by atoms with van der Waals surface area (Å²) in [7, 11) is -3.43. The van der Waals surface area contributed by atoms with Crippen molar-refractivity contribution in [2.24, 2.45) is 0 Å². The van der Waals surface area contributed by atoms with Crippen LogP contribution >= 0.6 is 0 Å². The molecule has 0 bridgehead atoms. The number of aliphatic hydroxyl groups excluding tert-OH is 1. The first-order chi connectivity index (χ1) is 11.3. The van der Waals surface area contributed by atoms with E-state index in [1.807, 2.05) is 0 Å². The van der Waals surface area contributed by atoms with E-state index in [0.717, 1.165) is 12.8 Å². The van der Waals surface area contributed by atoms with Crippen LogP contribution in [0.2, 0.25) is 0 Å². The zero-order valence-corrected chi connectivity index (χ0v) is 14.3. The van der Waals surface area contributed by atoms with Gasteiger partial charge in [0.05, 0.1) is 16.8 Å². The number of hydrogen-bond donors (Lipinski definition) is 3. The largest absolute Gasteiger partial charge is 0.394 e. The standard InChI is InChI=1S/C16H22N2O5S/c1-11(10-19)17-15(20)16(21)18-12-5-4-8-14(9-12)24(22,23)13-6-2-3-7-13/h4-5,8-9,11,13,19H,2-3,6-7,10H2,1H3,(H,17,20)(H,18,21)/t11-/m1/s1. The molecule has 2 amide bonds. The summed E-state index contributed by atoms with van der Waals surface area (Å²) < 4.78 is 25.1. The van der Waals surface area contributed by atoms with Crippen molar-refractivity contribution in [1.82, 2.24) is 5.32 Å². The SMILES string of the molecule is C[C@H](CO)NC(=O)C(=O)Nc1cccc(S(=O)(=O)C2CCCC2)c1. The highest BCUT2D eigenvalue weighted by molar-refractivity contribution is 7.92. The second-order valence-electron chi connectivity index (χ2n) is 5.99. The molecular formula is C16H22N2O5S. The second-order valence-corrected chi connectivity index (χ2v) is 8.22. The average molecular weight is 354 g/mol. The molecule has 0 aromatic heterocycles. The van der Waals surface area contributed by atoms with Gasteiger partial charge in [0.25, 0.3) is 0 Å². The minimum Gasteiger partial charge on any atom is -0.394 e. The zero-order chi connectivity index (χ0) is 17.7. The van der Waals surface area contributed by atoms with Crippen LogP contribution < -0.4 is 10.6 Å². The van der Waals surface area contributed by atoms with Crippen LogP contribution in [0.5, 0.6) is 0 Å². The third-order valence-electron chi connectivity index (χ3n) is 4.02. The van der Waals surface area contributed by atoms with Crippen LogP contribution in [0.15, 0.2) is 29.2 Å². The number of nitrogens with one attached hydrogen (secondary N) is 2. The Hall–Kier alpha value is -1.93. The molecule has 1 aliphatic rings. The molecule has 1 atom stereocenters. The smallest absolute Gasteiger partial charge is 0.313 e. The second kappa shape index (κ2) is 7.76. The van der Waals surface area contributed by atoms with Gasteiger partial charge in [-0.05, 0) is 38.0 Å². The Morgan fingerprint density at radius 2 is 1.92 bits per heavy atom. The van der Waals surface area contributed by atoms with Gasteiger partial charge in [0.15, 0.2) is 9.84 Å². The van der Waals surface area contributed by atoms with Gasteiger partial charge >= 0.3 is 11.8 Å². The number of benzene rings is 1. The van der Waals surface area contributed by atoms with Crippen LogP contribution in [0.25, 0.3) is 0 Å². The molecule has 8 heteroatoms. The first kappa shape index (κ1) is 18.4. The monoisotopic (exact) mass is 354 g/mol. The summed E-state index contributed by atoms with van der Waals surface area (Å²) in [6.45, 7) is 1.27. The molecule has 1 aromatic carbocycles. The minimum atomic E-state index is -3.43. The van der Waals surface area contributed by atoms with Crippen molar-refractivity contribution in [3.63, 3.8) is 0 Å². The van der Waals surface area contributed by atoms with Gasteiger partial charge in [0.1, 0.15) is 0 Å². The fourth-order valence-electron chi connectivity index (χ4n) is 2.66. The lowest BCUT2D eigenvalue weighted by Gasteiger charge is -2.13. The van der Waals surface area contributed by atoms with Gasteiger partial charge in [0, 0.05) is 11.7 Å². The molecule has 2 rings (SSSR count). The molecule has 3 N–H and O–H groups in total. The van der Waals surface area contributed by atoms with Crippen LogP contribution in [0, 0.1) is 0 Å². The Bertz CT molecular complexity index is 711. The zero-order valence-electron chi connectivity index (χ0n) is 13.5. The van der Waals surface area contributed by atoms with Crippen molar-refractivity contribution >= 4 is 27.3 Å². The molecule has 0 radical (unpaired) electrons. The Labute approximate surface area is 141 Å². The molecule has 0 spiro atoms. The predicted octanol–water partition coefficient (Wildman–Crippen LogP) is 0.838. The van der Waals surface area contributed by atoms with E-state index >= 15 is 0 Å². The van der Waals surface area contributed by atoms with Gasteiger partial charge in [-0.15, -0.1) is 0 Å². The number of rotatable bonds is 5. The summed E-state index contributed by atoms with van der Waals surface area (Å²) in [4.78, 5) is 23.6. The van der Waals surface area contributed by atoms with E-state index in [-0.39, 0.29) is 22.4 Å². The molecule has 7 nitrogen and oxygen atoms in total. The van der Waals surface area contributed by atoms with Gasteiger partial charge in [-0.3, -0.25) is 9.59 Å². The fraction of sp³-hybridized carbons (Fsp3) is 0.500. The van der Waals surface area contributed by atoms with Crippen LogP contribution in [-0.2, 0) is 19.4 Å². The molecule has 0 saturated heterocycles. The Morgan fingerprint density at radius 1 is 1.25 bits per heavy atom. The summed E-state index contributed by atoms with van der Waals surface area (Å²) >= 11 is 0. The number of carbonyl (C=O) groups excluding carboxylic acids is 2. The van der Waals surface area contributed by atoms with Gasteiger partial charge < -0.3 is 15.7 Å². The summed E-state index contributed by atoms with van der Waals surface area (Å²) in [5.41, 5.74) is 0.242. The number of carbonyl (C=O) groups is 2. The number of amides is 2. The van der Waals surface area contributed by atoms with Crippen molar-refractivity contribution in [3.8, 4) is 0 Å². The molecule has 0 unspecified atom stereocenters. The maximum absolute atomic E-state index is 12.6. The minimum absolute atomic E-state index is 0.149. The van der Waals surface area contributed by atoms with Crippen molar-refractivity contribution in [3.05, 3.63) is 24.3 Å². The highest BCUT2D eigenvalue weighted by atomic mass is 32.2. The Morgan fingerprint density at radius 3 is 2.54 bits per heavy atom. The summed E-state index contributed by atoms with van der Waals surface area (Å²) in [5.74, 6) is -1.80. The van der Waals surface area contributed by atoms with Gasteiger partial charge in [-0.25, -0.2) is 8.42 Å². The normalized spacial score (nSPS) is 16.6. The van der Waals surface area contributed by atoms with Crippen LogP contribution in [0.1, 0.15) is 32.6 Å². The summed E-state index contributed by atoms with van der Waals surface area (Å²) in [6, 6.07) is 5.38. The fourth-order valence-corrected chi connectivity index (χ4v) is 4.56. The van der Waals surface area contributed by atoms with Crippen LogP contribution in [-0.4, -0.2) is 43.2 Å². The molecule has 24 heavy (non-hydrogen) atoms. The molecular weight excluding hydrogens is 332 g/mol. The topological polar surface area (TPSA) is 113 Å². The lowest BCUT2D eigenvalue weighted by molar-refractivity contribution is -0.136. The number of sulfone groups is 1. The maximum Gasteiger partial charge on any atom is 0.313 e. The lowest BCUT2D eigenvalue weighted by Crippen LogP contribution is -2.42. The quantitative estimate of drug-likeness (QED) is 0.678. The van der Waals surface area contributed by atoms with Gasteiger partial charge in [-0.1, -0.05) is 18.9 Å². The van der Waals surface area contributed by atoms with E-state index in [1.54, 1.807) is 6.92 Å². The van der Waals surface area contributed by atoms with E-state index in [9.17, 15) is 18.0 Å². The van der Waals surface area contributed by atoms with E-state index in [2.05, 4.69) is 10.6 Å². The van der Waals surface area contributed by atoms with E-state index in [0.29, 0.717) is 12.8 Å². The van der Waals surface area contributed by atoms with E-state index in [4.69, 9.17) is 5.11 Å². The average Bonchev–Trinajstić information content (AvgIpc) is 3.10. The Kier molecular flexibility index (Phi) is 5.95. The number of hydrogen-bond acceptors (Lipinski definition) is 5. The maximum atomic E-state index is 12.6. The Balaban J connectivity index is 2.10. The summed E-state index contributed by atoms with van der Waals surface area (Å²) in [5, 5.41) is 13.2. The first-order valence-electron chi connectivity index (χ1n) is 7.91. The van der Waals surface area contributed by atoms with E-state index in [1.165, 1.54) is 24.3 Å². The predicted molar refractivity (Wildman–Crippen MR) is 89.2 cm³/mol. The van der Waals surface area contributed by atoms with E-state index < -0.39 is 27.7 Å². The number of aliphatic hydroxyl groups is 1. The molecule has 1 aromatic rings. The highest BCUT2D eigenvalue weighted by Crippen LogP contribution is 2.30. The van der Waals surface area contributed by atoms with Crippen LogP contribution in [0.4, 0.5) is 5.69 Å². The third-order valence-corrected chi connectivity index (χ3v) is 6.28. The highest BCUT2D eigenvalue weighted by Gasteiger charge is 2.30. The molecule has 132 valence electrons. The summed E-state index contributed by atoms with van der Waals surface area (Å²) in [6.07, 6.45) is 3.12. The van der Waals surface area contributed by atoms with Crippen LogP contribution in [0.3, 0.4) is 0 Å².